The van der Waals surface area contributed by atoms with Gasteiger partial charge in [-0.3, -0.25) is 9.59 Å². The van der Waals surface area contributed by atoms with E-state index in [4.69, 9.17) is 4.74 Å². The lowest BCUT2D eigenvalue weighted by atomic mass is 10.1. The van der Waals surface area contributed by atoms with Crippen molar-refractivity contribution < 1.29 is 14.3 Å². The molecule has 0 saturated carbocycles. The summed E-state index contributed by atoms with van der Waals surface area (Å²) in [7, 11) is 3.40. The van der Waals surface area contributed by atoms with E-state index in [0.717, 1.165) is 29.0 Å². The fraction of sp³-hybridized carbons (Fsp3) is 0.364. The number of aryl methyl sites for hydroxylation is 1. The van der Waals surface area contributed by atoms with E-state index in [9.17, 15) is 9.59 Å². The normalized spacial score (nSPS) is 16.5. The average molecular weight is 366 g/mol. The van der Waals surface area contributed by atoms with Crippen LogP contribution in [0.5, 0.6) is 5.75 Å². The standard InChI is InChI=1S/C22H26N2O3/c1-4-16-9-5-7-11-19(16)24-15-18(13-21(24)25)22(26)23(2)14-17-10-6-8-12-20(17)27-3/h5-12,18H,4,13-15H2,1-3H3. The molecule has 5 heteroatoms. The number of amides is 2. The van der Waals surface area contributed by atoms with E-state index >= 15 is 0 Å². The number of nitrogens with zero attached hydrogens (tertiary/aromatic N) is 2. The summed E-state index contributed by atoms with van der Waals surface area (Å²) in [5.74, 6) is 0.450. The molecule has 5 nitrogen and oxygen atoms in total. The van der Waals surface area contributed by atoms with Crippen molar-refractivity contribution >= 4 is 17.5 Å². The molecule has 0 N–H and O–H groups in total. The van der Waals surface area contributed by atoms with Gasteiger partial charge in [-0.15, -0.1) is 0 Å². The van der Waals surface area contributed by atoms with E-state index in [1.165, 1.54) is 0 Å². The lowest BCUT2D eigenvalue weighted by Crippen LogP contribution is -2.34. The molecule has 27 heavy (non-hydrogen) atoms. The third kappa shape index (κ3) is 3.97. The van der Waals surface area contributed by atoms with Gasteiger partial charge in [0, 0.05) is 37.8 Å². The molecule has 1 unspecified atom stereocenters. The van der Waals surface area contributed by atoms with Crippen LogP contribution in [0.2, 0.25) is 0 Å². The zero-order valence-electron chi connectivity index (χ0n) is 16.1. The zero-order valence-corrected chi connectivity index (χ0v) is 16.1. The predicted molar refractivity (Wildman–Crippen MR) is 106 cm³/mol. The highest BCUT2D eigenvalue weighted by Crippen LogP contribution is 2.30. The lowest BCUT2D eigenvalue weighted by Gasteiger charge is -2.23. The molecule has 2 amide bonds. The van der Waals surface area contributed by atoms with Crippen LogP contribution in [0.25, 0.3) is 0 Å². The minimum atomic E-state index is -0.317. The Bertz CT molecular complexity index is 834. The number of hydrogen-bond acceptors (Lipinski definition) is 3. The Hall–Kier alpha value is -2.82. The number of ether oxygens (including phenoxy) is 1. The van der Waals surface area contributed by atoms with E-state index in [1.807, 2.05) is 48.5 Å². The van der Waals surface area contributed by atoms with E-state index in [2.05, 4.69) is 6.92 Å². The molecular formula is C22H26N2O3. The lowest BCUT2D eigenvalue weighted by molar-refractivity contribution is -0.135. The number of methoxy groups -OCH3 is 1. The van der Waals surface area contributed by atoms with Gasteiger partial charge in [0.1, 0.15) is 5.75 Å². The molecule has 2 aromatic carbocycles. The van der Waals surface area contributed by atoms with Crippen LogP contribution in [0.3, 0.4) is 0 Å². The van der Waals surface area contributed by atoms with Crippen LogP contribution >= 0.6 is 0 Å². The molecule has 1 heterocycles. The van der Waals surface area contributed by atoms with Crippen LogP contribution in [0.4, 0.5) is 5.69 Å². The van der Waals surface area contributed by atoms with Gasteiger partial charge >= 0.3 is 0 Å². The summed E-state index contributed by atoms with van der Waals surface area (Å²) in [4.78, 5) is 29.0. The first-order valence-electron chi connectivity index (χ1n) is 9.30. The summed E-state index contributed by atoms with van der Waals surface area (Å²) in [5.41, 5.74) is 3.00. The molecule has 0 aromatic heterocycles. The molecule has 0 spiro atoms. The number of benzene rings is 2. The summed E-state index contributed by atoms with van der Waals surface area (Å²) < 4.78 is 5.37. The largest absolute Gasteiger partial charge is 0.496 e. The zero-order chi connectivity index (χ0) is 19.4. The number of carbonyl (C=O) groups is 2. The van der Waals surface area contributed by atoms with Crippen molar-refractivity contribution in [2.24, 2.45) is 5.92 Å². The number of carbonyl (C=O) groups excluding carboxylic acids is 2. The number of para-hydroxylation sites is 2. The van der Waals surface area contributed by atoms with E-state index in [1.54, 1.807) is 24.0 Å². The summed E-state index contributed by atoms with van der Waals surface area (Å²) in [5, 5.41) is 0. The third-order valence-corrected chi connectivity index (χ3v) is 5.11. The molecule has 142 valence electrons. The first kappa shape index (κ1) is 19.0. The summed E-state index contributed by atoms with van der Waals surface area (Å²) in [6.07, 6.45) is 1.11. The highest BCUT2D eigenvalue weighted by molar-refractivity contribution is 6.00. The molecule has 1 aliphatic rings. The smallest absolute Gasteiger partial charge is 0.228 e. The minimum absolute atomic E-state index is 0.00858. The maximum absolute atomic E-state index is 12.9. The Morgan fingerprint density at radius 3 is 2.52 bits per heavy atom. The highest BCUT2D eigenvalue weighted by Gasteiger charge is 2.37. The SMILES string of the molecule is CCc1ccccc1N1CC(C(=O)N(C)Cc2ccccc2OC)CC1=O. The molecule has 0 aliphatic carbocycles. The van der Waals surface area contributed by atoms with Crippen LogP contribution in [0.1, 0.15) is 24.5 Å². The van der Waals surface area contributed by atoms with Gasteiger partial charge in [0.25, 0.3) is 0 Å². The molecule has 1 saturated heterocycles. The fourth-order valence-electron chi connectivity index (χ4n) is 3.66. The van der Waals surface area contributed by atoms with E-state index in [-0.39, 0.29) is 24.2 Å². The van der Waals surface area contributed by atoms with Crippen LogP contribution in [-0.4, -0.2) is 37.4 Å². The van der Waals surface area contributed by atoms with Crippen LogP contribution in [0.15, 0.2) is 48.5 Å². The van der Waals surface area contributed by atoms with Crippen LogP contribution in [-0.2, 0) is 22.6 Å². The molecule has 1 aliphatic heterocycles. The monoisotopic (exact) mass is 366 g/mol. The summed E-state index contributed by atoms with van der Waals surface area (Å²) in [6, 6.07) is 15.6. The quantitative estimate of drug-likeness (QED) is 0.788. The Kier molecular flexibility index (Phi) is 5.79. The molecular weight excluding hydrogens is 340 g/mol. The highest BCUT2D eigenvalue weighted by atomic mass is 16.5. The van der Waals surface area contributed by atoms with Crippen molar-refractivity contribution in [1.29, 1.82) is 0 Å². The summed E-state index contributed by atoms with van der Waals surface area (Å²) in [6.45, 7) is 2.97. The molecule has 3 rings (SSSR count). The minimum Gasteiger partial charge on any atom is -0.496 e. The van der Waals surface area contributed by atoms with E-state index in [0.29, 0.717) is 13.1 Å². The second-order valence-corrected chi connectivity index (χ2v) is 6.89. The Labute approximate surface area is 160 Å². The second-order valence-electron chi connectivity index (χ2n) is 6.89. The Morgan fingerprint density at radius 2 is 1.81 bits per heavy atom. The molecule has 0 bridgehead atoms. The Balaban J connectivity index is 1.72. The third-order valence-electron chi connectivity index (χ3n) is 5.11. The van der Waals surface area contributed by atoms with E-state index < -0.39 is 0 Å². The van der Waals surface area contributed by atoms with Crippen molar-refractivity contribution in [3.63, 3.8) is 0 Å². The molecule has 1 fully saturated rings. The molecule has 1 atom stereocenters. The van der Waals surface area contributed by atoms with Gasteiger partial charge in [-0.2, -0.15) is 0 Å². The number of hydrogen-bond donors (Lipinski definition) is 0. The van der Waals surface area contributed by atoms with Crippen molar-refractivity contribution in [2.45, 2.75) is 26.3 Å². The van der Waals surface area contributed by atoms with Crippen molar-refractivity contribution in [1.82, 2.24) is 4.90 Å². The Morgan fingerprint density at radius 1 is 1.15 bits per heavy atom. The van der Waals surface area contributed by atoms with Gasteiger partial charge < -0.3 is 14.5 Å². The maximum Gasteiger partial charge on any atom is 0.228 e. The number of rotatable bonds is 6. The molecule has 2 aromatic rings. The first-order chi connectivity index (χ1) is 13.0. The van der Waals surface area contributed by atoms with Gasteiger partial charge in [0.05, 0.1) is 13.0 Å². The average Bonchev–Trinajstić information content (AvgIpc) is 3.09. The van der Waals surface area contributed by atoms with Crippen LogP contribution < -0.4 is 9.64 Å². The number of anilines is 1. The van der Waals surface area contributed by atoms with Crippen molar-refractivity contribution in [2.75, 3.05) is 25.6 Å². The first-order valence-corrected chi connectivity index (χ1v) is 9.30. The maximum atomic E-state index is 12.9. The topological polar surface area (TPSA) is 49.9 Å². The van der Waals surface area contributed by atoms with Gasteiger partial charge in [-0.05, 0) is 24.1 Å². The van der Waals surface area contributed by atoms with Gasteiger partial charge in [-0.25, -0.2) is 0 Å². The van der Waals surface area contributed by atoms with Gasteiger partial charge in [-0.1, -0.05) is 43.3 Å². The predicted octanol–water partition coefficient (Wildman–Crippen LogP) is 3.27. The summed E-state index contributed by atoms with van der Waals surface area (Å²) >= 11 is 0. The van der Waals surface area contributed by atoms with Crippen molar-refractivity contribution in [3.05, 3.63) is 59.7 Å². The van der Waals surface area contributed by atoms with Crippen LogP contribution in [0, 0.1) is 5.92 Å². The second kappa shape index (κ2) is 8.25. The fourth-order valence-corrected chi connectivity index (χ4v) is 3.66. The van der Waals surface area contributed by atoms with Gasteiger partial charge in [0.2, 0.25) is 11.8 Å². The molecule has 0 radical (unpaired) electrons. The van der Waals surface area contributed by atoms with Crippen molar-refractivity contribution in [3.8, 4) is 5.75 Å². The van der Waals surface area contributed by atoms with Gasteiger partial charge in [0.15, 0.2) is 0 Å².